The molecule has 2 heterocycles. The maximum Gasteiger partial charge on any atom is 0.340 e. The number of rotatable bonds is 5. The van der Waals surface area contributed by atoms with Gasteiger partial charge in [0, 0.05) is 42.7 Å². The molecule has 5 heteroatoms. The highest BCUT2D eigenvalue weighted by atomic mass is 16.5. The molecule has 0 radical (unpaired) electrons. The molecule has 1 amide bonds. The van der Waals surface area contributed by atoms with Gasteiger partial charge in [-0.2, -0.15) is 0 Å². The minimum atomic E-state index is -0.339. The van der Waals surface area contributed by atoms with E-state index in [0.29, 0.717) is 25.3 Å². The Hall–Kier alpha value is -2.82. The van der Waals surface area contributed by atoms with Crippen LogP contribution in [0.3, 0.4) is 0 Å². The maximum absolute atomic E-state index is 12.8. The quantitative estimate of drug-likeness (QED) is 0.584. The second-order valence-corrected chi connectivity index (χ2v) is 7.04. The molecule has 2 aromatic rings. The Labute approximate surface area is 166 Å². The van der Waals surface area contributed by atoms with Gasteiger partial charge < -0.3 is 14.2 Å². The number of ether oxygens (including phenoxy) is 1. The van der Waals surface area contributed by atoms with Gasteiger partial charge in [-0.1, -0.05) is 24.3 Å². The molecule has 5 nitrogen and oxygen atoms in total. The number of nitrogens with zero attached hydrogens (tertiary/aromatic N) is 2. The second kappa shape index (κ2) is 8.46. The normalized spacial score (nSPS) is 13.6. The van der Waals surface area contributed by atoms with Crippen molar-refractivity contribution in [2.24, 2.45) is 0 Å². The van der Waals surface area contributed by atoms with E-state index in [1.807, 2.05) is 37.8 Å². The summed E-state index contributed by atoms with van der Waals surface area (Å²) in [5, 5.41) is 0. The van der Waals surface area contributed by atoms with E-state index in [1.165, 1.54) is 11.1 Å². The van der Waals surface area contributed by atoms with Crippen LogP contribution in [-0.4, -0.2) is 34.5 Å². The zero-order valence-corrected chi connectivity index (χ0v) is 17.1. The summed E-state index contributed by atoms with van der Waals surface area (Å²) in [6, 6.07) is 8.24. The topological polar surface area (TPSA) is 51.5 Å². The first-order valence-electron chi connectivity index (χ1n) is 9.88. The van der Waals surface area contributed by atoms with Crippen molar-refractivity contribution < 1.29 is 14.3 Å². The molecule has 0 saturated carbocycles. The smallest absolute Gasteiger partial charge is 0.340 e. The number of esters is 1. The average molecular weight is 380 g/mol. The summed E-state index contributed by atoms with van der Waals surface area (Å²) in [6.45, 7) is 10.1. The number of amides is 1. The lowest BCUT2D eigenvalue weighted by Crippen LogP contribution is -2.34. The SMILES string of the molecule is CCOC(=O)c1c(C=CC(=O)N2CCc3ccccc3C2)c(C)n(CC)c1C. The Balaban J connectivity index is 1.86. The van der Waals surface area contributed by atoms with E-state index in [9.17, 15) is 9.59 Å². The van der Waals surface area contributed by atoms with E-state index in [2.05, 4.69) is 16.7 Å². The molecule has 0 atom stereocenters. The fraction of sp³-hybridized carbons (Fsp3) is 0.391. The molecule has 3 rings (SSSR count). The minimum absolute atomic E-state index is 0.0365. The first kappa shape index (κ1) is 19.9. The van der Waals surface area contributed by atoms with Crippen molar-refractivity contribution in [2.75, 3.05) is 13.2 Å². The maximum atomic E-state index is 12.8. The summed E-state index contributed by atoms with van der Waals surface area (Å²) >= 11 is 0. The van der Waals surface area contributed by atoms with Crippen LogP contribution >= 0.6 is 0 Å². The van der Waals surface area contributed by atoms with E-state index in [0.717, 1.165) is 29.9 Å². The van der Waals surface area contributed by atoms with E-state index in [1.54, 1.807) is 19.1 Å². The van der Waals surface area contributed by atoms with Crippen molar-refractivity contribution in [3.05, 3.63) is 64.0 Å². The Morgan fingerprint density at radius 1 is 1.11 bits per heavy atom. The highest BCUT2D eigenvalue weighted by Crippen LogP contribution is 2.25. The van der Waals surface area contributed by atoms with Crippen LogP contribution < -0.4 is 0 Å². The Morgan fingerprint density at radius 3 is 2.50 bits per heavy atom. The third-order valence-corrected chi connectivity index (χ3v) is 5.46. The lowest BCUT2D eigenvalue weighted by molar-refractivity contribution is -0.126. The zero-order valence-electron chi connectivity index (χ0n) is 17.1. The molecule has 28 heavy (non-hydrogen) atoms. The Morgan fingerprint density at radius 2 is 1.82 bits per heavy atom. The largest absolute Gasteiger partial charge is 0.462 e. The molecular formula is C23H28N2O3. The van der Waals surface area contributed by atoms with Gasteiger partial charge in [0.05, 0.1) is 12.2 Å². The van der Waals surface area contributed by atoms with Crippen molar-refractivity contribution >= 4 is 18.0 Å². The summed E-state index contributed by atoms with van der Waals surface area (Å²) in [4.78, 5) is 27.1. The number of hydrogen-bond acceptors (Lipinski definition) is 3. The molecule has 1 aliphatic rings. The van der Waals surface area contributed by atoms with E-state index < -0.39 is 0 Å². The van der Waals surface area contributed by atoms with E-state index >= 15 is 0 Å². The Kier molecular flexibility index (Phi) is 6.02. The minimum Gasteiger partial charge on any atom is -0.462 e. The van der Waals surface area contributed by atoms with Gasteiger partial charge >= 0.3 is 5.97 Å². The van der Waals surface area contributed by atoms with Gasteiger partial charge in [0.1, 0.15) is 0 Å². The van der Waals surface area contributed by atoms with Crippen LogP contribution in [0, 0.1) is 13.8 Å². The molecule has 1 aromatic carbocycles. The van der Waals surface area contributed by atoms with Gasteiger partial charge in [0.25, 0.3) is 0 Å². The summed E-state index contributed by atoms with van der Waals surface area (Å²) in [5.74, 6) is -0.375. The van der Waals surface area contributed by atoms with E-state index in [4.69, 9.17) is 4.74 Å². The van der Waals surface area contributed by atoms with Crippen LogP contribution in [0.1, 0.15) is 52.3 Å². The molecule has 1 aliphatic heterocycles. The van der Waals surface area contributed by atoms with Gasteiger partial charge in [0.15, 0.2) is 0 Å². The van der Waals surface area contributed by atoms with Crippen molar-refractivity contribution in [1.29, 1.82) is 0 Å². The van der Waals surface area contributed by atoms with Gasteiger partial charge in [-0.15, -0.1) is 0 Å². The fourth-order valence-electron chi connectivity index (χ4n) is 3.99. The van der Waals surface area contributed by atoms with Gasteiger partial charge in [-0.25, -0.2) is 4.79 Å². The molecule has 148 valence electrons. The van der Waals surface area contributed by atoms with Crippen LogP contribution in [0.5, 0.6) is 0 Å². The first-order valence-corrected chi connectivity index (χ1v) is 9.88. The van der Waals surface area contributed by atoms with Crippen LogP contribution in [0.2, 0.25) is 0 Å². The lowest BCUT2D eigenvalue weighted by atomic mass is 10.00. The van der Waals surface area contributed by atoms with Crippen molar-refractivity contribution in [2.45, 2.75) is 47.2 Å². The molecule has 1 aromatic heterocycles. The molecule has 0 N–H and O–H groups in total. The number of fused-ring (bicyclic) bond motifs is 1. The lowest BCUT2D eigenvalue weighted by Gasteiger charge is -2.27. The third kappa shape index (κ3) is 3.75. The zero-order chi connectivity index (χ0) is 20.3. The molecule has 0 unspecified atom stereocenters. The molecular weight excluding hydrogens is 352 g/mol. The molecule has 0 aliphatic carbocycles. The fourth-order valence-corrected chi connectivity index (χ4v) is 3.99. The summed E-state index contributed by atoms with van der Waals surface area (Å²) in [6.07, 6.45) is 4.22. The number of carbonyl (C=O) groups is 2. The second-order valence-electron chi connectivity index (χ2n) is 7.04. The molecule has 0 fully saturated rings. The van der Waals surface area contributed by atoms with Crippen molar-refractivity contribution in [1.82, 2.24) is 9.47 Å². The van der Waals surface area contributed by atoms with E-state index in [-0.39, 0.29) is 11.9 Å². The molecule has 0 spiro atoms. The number of carbonyl (C=O) groups excluding carboxylic acids is 2. The summed E-state index contributed by atoms with van der Waals surface area (Å²) in [7, 11) is 0. The van der Waals surface area contributed by atoms with Crippen LogP contribution in [0.25, 0.3) is 6.08 Å². The number of hydrogen-bond donors (Lipinski definition) is 0. The van der Waals surface area contributed by atoms with Gasteiger partial charge in [-0.05, 0) is 51.3 Å². The van der Waals surface area contributed by atoms with Crippen molar-refractivity contribution in [3.63, 3.8) is 0 Å². The standard InChI is InChI=1S/C23H28N2O3/c1-5-25-16(3)20(22(17(25)4)23(27)28-6-2)11-12-21(26)24-14-13-18-9-7-8-10-19(18)15-24/h7-12H,5-6,13-15H2,1-4H3. The Bertz CT molecular complexity index is 924. The highest BCUT2D eigenvalue weighted by molar-refractivity contribution is 5.98. The first-order chi connectivity index (χ1) is 13.5. The number of benzene rings is 1. The summed E-state index contributed by atoms with van der Waals surface area (Å²) in [5.41, 5.74) is 5.67. The van der Waals surface area contributed by atoms with Crippen LogP contribution in [0.4, 0.5) is 0 Å². The third-order valence-electron chi connectivity index (χ3n) is 5.46. The molecule has 0 saturated heterocycles. The van der Waals surface area contributed by atoms with Crippen LogP contribution in [0.15, 0.2) is 30.3 Å². The number of aromatic nitrogens is 1. The van der Waals surface area contributed by atoms with Gasteiger partial charge in [0.2, 0.25) is 5.91 Å². The van der Waals surface area contributed by atoms with Crippen LogP contribution in [-0.2, 0) is 29.0 Å². The summed E-state index contributed by atoms with van der Waals surface area (Å²) < 4.78 is 7.32. The predicted molar refractivity (Wildman–Crippen MR) is 110 cm³/mol. The van der Waals surface area contributed by atoms with Gasteiger partial charge in [-0.3, -0.25) is 4.79 Å². The van der Waals surface area contributed by atoms with Crippen molar-refractivity contribution in [3.8, 4) is 0 Å². The highest BCUT2D eigenvalue weighted by Gasteiger charge is 2.23. The average Bonchev–Trinajstić information content (AvgIpc) is 2.94. The monoisotopic (exact) mass is 380 g/mol. The predicted octanol–water partition coefficient (Wildman–Crippen LogP) is 3.90. The molecule has 0 bridgehead atoms.